The molecule has 0 unspecified atom stereocenters. The Balaban J connectivity index is 3.48. The summed E-state index contributed by atoms with van der Waals surface area (Å²) in [6, 6.07) is 0. The molecular formula is C10H21NO2. The van der Waals surface area contributed by atoms with Gasteiger partial charge in [-0.3, -0.25) is 4.79 Å². The molecule has 0 saturated heterocycles. The van der Waals surface area contributed by atoms with Gasteiger partial charge in [-0.1, -0.05) is 26.7 Å². The van der Waals surface area contributed by atoms with Crippen molar-refractivity contribution in [1.29, 1.82) is 0 Å². The Kier molecular flexibility index (Phi) is 7.94. The van der Waals surface area contributed by atoms with E-state index in [1.165, 1.54) is 0 Å². The maximum Gasteiger partial charge on any atom is 0.158 e. The van der Waals surface area contributed by atoms with Gasteiger partial charge in [0, 0.05) is 13.0 Å². The molecule has 0 amide bonds. The van der Waals surface area contributed by atoms with Gasteiger partial charge in [0.2, 0.25) is 0 Å². The van der Waals surface area contributed by atoms with E-state index in [2.05, 4.69) is 13.8 Å². The summed E-state index contributed by atoms with van der Waals surface area (Å²) in [7, 11) is 0. The molecule has 78 valence electrons. The molecule has 0 rings (SSSR count). The van der Waals surface area contributed by atoms with Crippen molar-refractivity contribution in [2.45, 2.75) is 33.1 Å². The van der Waals surface area contributed by atoms with Gasteiger partial charge < -0.3 is 10.5 Å². The smallest absolute Gasteiger partial charge is 0.158 e. The summed E-state index contributed by atoms with van der Waals surface area (Å²) in [5.74, 6) is 0.719. The molecule has 13 heavy (non-hydrogen) atoms. The minimum atomic E-state index is 0.196. The predicted octanol–water partition coefficient (Wildman–Crippen LogP) is 1.36. The number of hydrogen-bond donors (Lipinski definition) is 1. The Hall–Kier alpha value is -0.410. The molecule has 0 saturated carbocycles. The Bertz CT molecular complexity index is 133. The first kappa shape index (κ1) is 12.6. The highest BCUT2D eigenvalue weighted by atomic mass is 16.5. The molecule has 2 N–H and O–H groups in total. The second-order valence-electron chi connectivity index (χ2n) is 3.27. The van der Waals surface area contributed by atoms with Crippen LogP contribution in [0.15, 0.2) is 0 Å². The summed E-state index contributed by atoms with van der Waals surface area (Å²) in [6.07, 6.45) is 2.79. The maximum absolute atomic E-state index is 11.3. The number of carbonyl (C=O) groups excluding carboxylic acids is 1. The summed E-state index contributed by atoms with van der Waals surface area (Å²) in [6.45, 7) is 5.42. The van der Waals surface area contributed by atoms with Crippen LogP contribution < -0.4 is 5.73 Å². The second-order valence-corrected chi connectivity index (χ2v) is 3.27. The Morgan fingerprint density at radius 2 is 2.00 bits per heavy atom. The van der Waals surface area contributed by atoms with Crippen molar-refractivity contribution < 1.29 is 9.53 Å². The Morgan fingerprint density at radius 1 is 1.38 bits per heavy atom. The van der Waals surface area contributed by atoms with Gasteiger partial charge >= 0.3 is 0 Å². The van der Waals surface area contributed by atoms with Crippen LogP contribution in [0.25, 0.3) is 0 Å². The summed E-state index contributed by atoms with van der Waals surface area (Å²) in [5.41, 5.74) is 5.23. The molecule has 0 aliphatic carbocycles. The average molecular weight is 187 g/mol. The normalized spacial score (nSPS) is 10.8. The van der Waals surface area contributed by atoms with E-state index in [0.717, 1.165) is 12.8 Å². The monoisotopic (exact) mass is 187 g/mol. The van der Waals surface area contributed by atoms with Gasteiger partial charge in [-0.2, -0.15) is 0 Å². The minimum absolute atomic E-state index is 0.196. The molecule has 0 bridgehead atoms. The summed E-state index contributed by atoms with van der Waals surface area (Å²) in [4.78, 5) is 11.3. The van der Waals surface area contributed by atoms with Crippen molar-refractivity contribution in [3.8, 4) is 0 Å². The molecule has 0 atom stereocenters. The van der Waals surface area contributed by atoms with Crippen LogP contribution in [-0.2, 0) is 9.53 Å². The lowest BCUT2D eigenvalue weighted by atomic mass is 9.97. The van der Waals surface area contributed by atoms with Crippen LogP contribution in [0, 0.1) is 5.92 Å². The molecule has 0 heterocycles. The second kappa shape index (κ2) is 8.20. The van der Waals surface area contributed by atoms with Gasteiger partial charge in [0.15, 0.2) is 5.78 Å². The van der Waals surface area contributed by atoms with E-state index >= 15 is 0 Å². The zero-order chi connectivity index (χ0) is 10.1. The average Bonchev–Trinajstić information content (AvgIpc) is 2.14. The highest BCUT2D eigenvalue weighted by Crippen LogP contribution is 2.12. The van der Waals surface area contributed by atoms with Gasteiger partial charge in [-0.15, -0.1) is 0 Å². The van der Waals surface area contributed by atoms with Crippen LogP contribution in [0.1, 0.15) is 33.1 Å². The van der Waals surface area contributed by atoms with E-state index in [9.17, 15) is 4.79 Å². The molecule has 0 radical (unpaired) electrons. The van der Waals surface area contributed by atoms with Crippen LogP contribution in [0.2, 0.25) is 0 Å². The van der Waals surface area contributed by atoms with E-state index in [1.54, 1.807) is 0 Å². The molecule has 3 heteroatoms. The fourth-order valence-electron chi connectivity index (χ4n) is 1.23. The number of Topliss-reactive ketones (excluding diaryl/α,β-unsaturated/α-hetero) is 1. The molecule has 0 aromatic heterocycles. The molecule has 0 aliphatic heterocycles. The quantitative estimate of drug-likeness (QED) is 0.584. The van der Waals surface area contributed by atoms with Crippen LogP contribution in [0.5, 0.6) is 0 Å². The molecule has 0 fully saturated rings. The van der Waals surface area contributed by atoms with Gasteiger partial charge in [0.05, 0.1) is 6.61 Å². The predicted molar refractivity (Wildman–Crippen MR) is 53.6 cm³/mol. The minimum Gasteiger partial charge on any atom is -0.372 e. The lowest BCUT2D eigenvalue weighted by Crippen LogP contribution is -2.16. The standard InChI is InChI=1S/C10H21NO2/c1-3-9(4-2)7-10(12)8-13-6-5-11/h9H,3-8,11H2,1-2H3. The van der Waals surface area contributed by atoms with Crippen molar-refractivity contribution in [1.82, 2.24) is 0 Å². The van der Waals surface area contributed by atoms with Crippen molar-refractivity contribution in [3.63, 3.8) is 0 Å². The van der Waals surface area contributed by atoms with Crippen molar-refractivity contribution in [3.05, 3.63) is 0 Å². The largest absolute Gasteiger partial charge is 0.372 e. The molecule has 0 aromatic carbocycles. The van der Waals surface area contributed by atoms with Gasteiger partial charge in [-0.05, 0) is 5.92 Å². The number of ketones is 1. The van der Waals surface area contributed by atoms with Gasteiger partial charge in [-0.25, -0.2) is 0 Å². The van der Waals surface area contributed by atoms with E-state index in [-0.39, 0.29) is 12.4 Å². The van der Waals surface area contributed by atoms with Crippen LogP contribution in [0.4, 0.5) is 0 Å². The van der Waals surface area contributed by atoms with E-state index < -0.39 is 0 Å². The Labute approximate surface area is 80.6 Å². The summed E-state index contributed by atoms with van der Waals surface area (Å²) < 4.78 is 5.06. The van der Waals surface area contributed by atoms with Crippen LogP contribution in [0.3, 0.4) is 0 Å². The van der Waals surface area contributed by atoms with Crippen molar-refractivity contribution >= 4 is 5.78 Å². The molecule has 3 nitrogen and oxygen atoms in total. The number of nitrogens with two attached hydrogens (primary N) is 1. The molecule has 0 aliphatic rings. The third-order valence-electron chi connectivity index (χ3n) is 2.20. The molecule has 0 spiro atoms. The number of hydrogen-bond acceptors (Lipinski definition) is 3. The summed E-state index contributed by atoms with van der Waals surface area (Å²) in [5, 5.41) is 0. The zero-order valence-electron chi connectivity index (χ0n) is 8.71. The summed E-state index contributed by atoms with van der Waals surface area (Å²) >= 11 is 0. The van der Waals surface area contributed by atoms with E-state index in [0.29, 0.717) is 25.5 Å². The zero-order valence-corrected chi connectivity index (χ0v) is 8.71. The first-order valence-corrected chi connectivity index (χ1v) is 5.04. The topological polar surface area (TPSA) is 52.3 Å². The van der Waals surface area contributed by atoms with Crippen LogP contribution >= 0.6 is 0 Å². The van der Waals surface area contributed by atoms with E-state index in [1.807, 2.05) is 0 Å². The van der Waals surface area contributed by atoms with Crippen molar-refractivity contribution in [2.24, 2.45) is 11.7 Å². The fraction of sp³-hybridized carbons (Fsp3) is 0.900. The fourth-order valence-corrected chi connectivity index (χ4v) is 1.23. The highest BCUT2D eigenvalue weighted by Gasteiger charge is 2.09. The number of ether oxygens (including phenoxy) is 1. The van der Waals surface area contributed by atoms with Crippen molar-refractivity contribution in [2.75, 3.05) is 19.8 Å². The third kappa shape index (κ3) is 6.72. The maximum atomic E-state index is 11.3. The van der Waals surface area contributed by atoms with Gasteiger partial charge in [0.1, 0.15) is 6.61 Å². The number of rotatable bonds is 8. The highest BCUT2D eigenvalue weighted by molar-refractivity contribution is 5.79. The lowest BCUT2D eigenvalue weighted by Gasteiger charge is -2.10. The molecule has 0 aromatic rings. The van der Waals surface area contributed by atoms with E-state index in [4.69, 9.17) is 10.5 Å². The first-order valence-electron chi connectivity index (χ1n) is 5.04. The third-order valence-corrected chi connectivity index (χ3v) is 2.20. The van der Waals surface area contributed by atoms with Gasteiger partial charge in [0.25, 0.3) is 0 Å². The molecular weight excluding hydrogens is 166 g/mol. The number of carbonyl (C=O) groups is 1. The Morgan fingerprint density at radius 3 is 2.46 bits per heavy atom. The lowest BCUT2D eigenvalue weighted by molar-refractivity contribution is -0.124. The van der Waals surface area contributed by atoms with Crippen LogP contribution in [-0.4, -0.2) is 25.5 Å². The first-order chi connectivity index (χ1) is 6.24. The SMILES string of the molecule is CCC(CC)CC(=O)COCCN.